The summed E-state index contributed by atoms with van der Waals surface area (Å²) in [5.41, 5.74) is -3.56. The standard InChI is InChI=1S/C15H4F8O2/c16-4-1-5(17)13(21)10(12(4)20)8(24)3-9(25)11-14(22)6(18)2-7(19)15(11)23/h1-3,24H/b8-3-. The van der Waals surface area contributed by atoms with Gasteiger partial charge >= 0.3 is 0 Å². The second kappa shape index (κ2) is 6.54. The summed E-state index contributed by atoms with van der Waals surface area (Å²) in [5, 5.41) is 9.48. The van der Waals surface area contributed by atoms with Crippen molar-refractivity contribution < 1.29 is 45.0 Å². The molecule has 0 saturated heterocycles. The van der Waals surface area contributed by atoms with Crippen LogP contribution in [-0.4, -0.2) is 10.9 Å². The summed E-state index contributed by atoms with van der Waals surface area (Å²) >= 11 is 0. The molecule has 0 aliphatic carbocycles. The van der Waals surface area contributed by atoms with Crippen LogP contribution in [0.4, 0.5) is 35.1 Å². The number of aliphatic hydroxyl groups excluding tert-OH is 1. The first-order valence-electron chi connectivity index (χ1n) is 6.17. The first-order chi connectivity index (χ1) is 11.6. The zero-order chi connectivity index (χ0) is 19.0. The molecule has 0 spiro atoms. The van der Waals surface area contributed by atoms with Gasteiger partial charge in [-0.1, -0.05) is 0 Å². The van der Waals surface area contributed by atoms with E-state index in [0.29, 0.717) is 0 Å². The minimum atomic E-state index is -2.14. The van der Waals surface area contributed by atoms with Gasteiger partial charge in [0.25, 0.3) is 0 Å². The van der Waals surface area contributed by atoms with Gasteiger partial charge < -0.3 is 5.11 Å². The molecule has 2 nitrogen and oxygen atoms in total. The largest absolute Gasteiger partial charge is 0.507 e. The van der Waals surface area contributed by atoms with E-state index in [2.05, 4.69) is 0 Å². The Kier molecular flexibility index (Phi) is 4.82. The highest BCUT2D eigenvalue weighted by Gasteiger charge is 2.26. The van der Waals surface area contributed by atoms with Gasteiger partial charge in [-0.05, 0) is 0 Å². The van der Waals surface area contributed by atoms with E-state index >= 15 is 0 Å². The van der Waals surface area contributed by atoms with Crippen molar-refractivity contribution in [2.45, 2.75) is 0 Å². The Morgan fingerprint density at radius 1 is 0.680 bits per heavy atom. The van der Waals surface area contributed by atoms with Gasteiger partial charge in [0, 0.05) is 18.2 Å². The van der Waals surface area contributed by atoms with E-state index in [-0.39, 0.29) is 18.2 Å². The maximum absolute atomic E-state index is 13.5. The van der Waals surface area contributed by atoms with Crippen molar-refractivity contribution >= 4 is 11.5 Å². The molecule has 1 N–H and O–H groups in total. The first-order valence-corrected chi connectivity index (χ1v) is 6.17. The molecule has 25 heavy (non-hydrogen) atoms. The Morgan fingerprint density at radius 3 is 1.36 bits per heavy atom. The molecule has 0 saturated carbocycles. The third-order valence-corrected chi connectivity index (χ3v) is 2.99. The summed E-state index contributed by atoms with van der Waals surface area (Å²) in [6.07, 6.45) is -0.249. The van der Waals surface area contributed by atoms with Crippen LogP contribution in [0.25, 0.3) is 5.76 Å². The average Bonchev–Trinajstić information content (AvgIpc) is 2.51. The van der Waals surface area contributed by atoms with Crippen molar-refractivity contribution in [3.63, 3.8) is 0 Å². The van der Waals surface area contributed by atoms with E-state index in [1.165, 1.54) is 0 Å². The normalized spacial score (nSPS) is 11.8. The van der Waals surface area contributed by atoms with E-state index < -0.39 is 69.2 Å². The zero-order valence-corrected chi connectivity index (χ0v) is 11.6. The van der Waals surface area contributed by atoms with Crippen LogP contribution in [0.5, 0.6) is 0 Å². The number of carbonyl (C=O) groups is 1. The van der Waals surface area contributed by atoms with Gasteiger partial charge in [0.1, 0.15) is 5.76 Å². The number of allylic oxidation sites excluding steroid dienone is 1. The number of rotatable bonds is 3. The van der Waals surface area contributed by atoms with Gasteiger partial charge in [0.05, 0.1) is 11.1 Å². The molecular formula is C15H4F8O2. The number of hydrogen-bond donors (Lipinski definition) is 1. The minimum absolute atomic E-state index is 0.190. The lowest BCUT2D eigenvalue weighted by molar-refractivity contribution is 0.103. The predicted molar refractivity (Wildman–Crippen MR) is 67.5 cm³/mol. The Balaban J connectivity index is 2.62. The van der Waals surface area contributed by atoms with E-state index in [0.717, 1.165) is 0 Å². The molecule has 0 radical (unpaired) electrons. The van der Waals surface area contributed by atoms with Crippen LogP contribution in [-0.2, 0) is 0 Å². The Morgan fingerprint density at radius 2 is 1.00 bits per heavy atom. The number of benzene rings is 2. The lowest BCUT2D eigenvalue weighted by atomic mass is 10.0. The third kappa shape index (κ3) is 3.19. The maximum atomic E-state index is 13.5. The number of ketones is 1. The molecule has 10 heteroatoms. The molecule has 0 aromatic heterocycles. The number of aliphatic hydroxyl groups is 1. The van der Waals surface area contributed by atoms with Gasteiger partial charge in [-0.3, -0.25) is 4.79 Å². The first kappa shape index (κ1) is 18.4. The van der Waals surface area contributed by atoms with Crippen LogP contribution in [0.15, 0.2) is 18.2 Å². The van der Waals surface area contributed by atoms with E-state index in [1.807, 2.05) is 0 Å². The van der Waals surface area contributed by atoms with Crippen LogP contribution in [0.1, 0.15) is 15.9 Å². The van der Waals surface area contributed by atoms with Crippen LogP contribution in [0.3, 0.4) is 0 Å². The van der Waals surface area contributed by atoms with Crippen molar-refractivity contribution in [2.75, 3.05) is 0 Å². The molecule has 0 aliphatic heterocycles. The van der Waals surface area contributed by atoms with Crippen LogP contribution < -0.4 is 0 Å². The van der Waals surface area contributed by atoms with E-state index in [4.69, 9.17) is 0 Å². The summed E-state index contributed by atoms with van der Waals surface area (Å²) in [6.45, 7) is 0. The van der Waals surface area contributed by atoms with Crippen molar-refractivity contribution in [3.8, 4) is 0 Å². The molecule has 2 aromatic rings. The highest BCUT2D eigenvalue weighted by molar-refractivity contribution is 6.08. The fraction of sp³-hybridized carbons (Fsp3) is 0. The maximum Gasteiger partial charge on any atom is 0.195 e. The van der Waals surface area contributed by atoms with Crippen LogP contribution in [0, 0.1) is 46.5 Å². The third-order valence-electron chi connectivity index (χ3n) is 2.99. The van der Waals surface area contributed by atoms with Crippen molar-refractivity contribution in [3.05, 3.63) is 75.9 Å². The van der Waals surface area contributed by atoms with Crippen LogP contribution in [0.2, 0.25) is 0 Å². The van der Waals surface area contributed by atoms with Gasteiger partial charge in [-0.2, -0.15) is 0 Å². The summed E-state index contributed by atoms with van der Waals surface area (Å²) in [5.74, 6) is -20.0. The summed E-state index contributed by atoms with van der Waals surface area (Å²) in [4.78, 5) is 11.7. The summed E-state index contributed by atoms with van der Waals surface area (Å²) in [7, 11) is 0. The van der Waals surface area contributed by atoms with Crippen molar-refractivity contribution in [2.24, 2.45) is 0 Å². The molecule has 132 valence electrons. The average molecular weight is 368 g/mol. The molecule has 0 atom stereocenters. The molecule has 2 aromatic carbocycles. The number of halogens is 8. The lowest BCUT2D eigenvalue weighted by Gasteiger charge is -2.07. The minimum Gasteiger partial charge on any atom is -0.507 e. The molecule has 0 unspecified atom stereocenters. The van der Waals surface area contributed by atoms with Gasteiger partial charge in [-0.15, -0.1) is 0 Å². The fourth-order valence-corrected chi connectivity index (χ4v) is 1.86. The summed E-state index contributed by atoms with van der Waals surface area (Å²) < 4.78 is 106. The molecular weight excluding hydrogens is 364 g/mol. The highest BCUT2D eigenvalue weighted by Crippen LogP contribution is 2.26. The van der Waals surface area contributed by atoms with Gasteiger partial charge in [0.15, 0.2) is 52.3 Å². The van der Waals surface area contributed by atoms with E-state index in [1.54, 1.807) is 0 Å². The Bertz CT molecular complexity index is 868. The number of carbonyl (C=O) groups excluding carboxylic acids is 1. The van der Waals surface area contributed by atoms with Gasteiger partial charge in [-0.25, -0.2) is 35.1 Å². The van der Waals surface area contributed by atoms with Gasteiger partial charge in [0.2, 0.25) is 0 Å². The lowest BCUT2D eigenvalue weighted by Crippen LogP contribution is -2.09. The zero-order valence-electron chi connectivity index (χ0n) is 11.6. The SMILES string of the molecule is O=C(/C=C(\O)c1c(F)c(F)cc(F)c1F)c1c(F)c(F)cc(F)c1F. The summed E-state index contributed by atoms with van der Waals surface area (Å²) in [6, 6.07) is -0.392. The Hall–Kier alpha value is -2.91. The molecule has 0 aliphatic rings. The monoisotopic (exact) mass is 368 g/mol. The van der Waals surface area contributed by atoms with Crippen molar-refractivity contribution in [1.29, 1.82) is 0 Å². The van der Waals surface area contributed by atoms with E-state index in [9.17, 15) is 45.0 Å². The predicted octanol–water partition coefficient (Wildman–Crippen LogP) is 4.58. The molecule has 0 bridgehead atoms. The fourth-order valence-electron chi connectivity index (χ4n) is 1.86. The smallest absolute Gasteiger partial charge is 0.195 e. The molecule has 0 heterocycles. The van der Waals surface area contributed by atoms with Crippen LogP contribution >= 0.6 is 0 Å². The quantitative estimate of drug-likeness (QED) is 0.283. The molecule has 0 fully saturated rings. The molecule has 2 rings (SSSR count). The molecule has 0 amide bonds. The van der Waals surface area contributed by atoms with Crippen molar-refractivity contribution in [1.82, 2.24) is 0 Å². The Labute approximate surface area is 133 Å². The topological polar surface area (TPSA) is 37.3 Å². The highest BCUT2D eigenvalue weighted by atomic mass is 19.2. The number of hydrogen-bond acceptors (Lipinski definition) is 2. The second-order valence-corrected chi connectivity index (χ2v) is 4.58. The second-order valence-electron chi connectivity index (χ2n) is 4.58.